The molecule has 4 N–H and O–H groups in total. The molecule has 2 rings (SSSR count). The van der Waals surface area contributed by atoms with Crippen molar-refractivity contribution >= 4 is 15.2 Å². The fourth-order valence-corrected chi connectivity index (χ4v) is 4.45. The summed E-state index contributed by atoms with van der Waals surface area (Å²) in [6.45, 7) is 0.206. The molecule has 0 fully saturated rings. The molecule has 0 spiro atoms. The Balaban J connectivity index is 2.29. The average Bonchev–Trinajstić information content (AvgIpc) is 2.42. The smallest absolute Gasteiger partial charge is 0.324 e. The van der Waals surface area contributed by atoms with Crippen LogP contribution in [0.25, 0.3) is 0 Å². The van der Waals surface area contributed by atoms with Crippen LogP contribution in [0.3, 0.4) is 0 Å². The average molecular weight is 382 g/mol. The predicted molar refractivity (Wildman–Crippen MR) is 85.1 cm³/mol. The highest BCUT2D eigenvalue weighted by Gasteiger charge is 2.33. The zero-order chi connectivity index (χ0) is 18.1. The normalized spacial score (nSPS) is 16.2. The zero-order valence-corrected chi connectivity index (χ0v) is 14.6. The molecule has 0 saturated heterocycles. The number of unbranched alkanes of at least 4 members (excludes halogenated alkanes) is 1. The molecule has 1 aromatic rings. The predicted octanol–water partition coefficient (Wildman–Crippen LogP) is -0.0195. The second kappa shape index (κ2) is 7.07. The summed E-state index contributed by atoms with van der Waals surface area (Å²) < 4.78 is 24.5. The van der Waals surface area contributed by atoms with Crippen molar-refractivity contribution in [1.82, 2.24) is 9.13 Å². The van der Waals surface area contributed by atoms with Crippen molar-refractivity contribution in [3.8, 4) is 0 Å². The maximum Gasteiger partial charge on any atom is 0.348 e. The minimum atomic E-state index is -4.69. The highest BCUT2D eigenvalue weighted by atomic mass is 31.2. The van der Waals surface area contributed by atoms with Crippen molar-refractivity contribution < 1.29 is 28.7 Å². The molecule has 10 nitrogen and oxygen atoms in total. The molecule has 1 aromatic heterocycles. The second-order valence-electron chi connectivity index (χ2n) is 5.86. The van der Waals surface area contributed by atoms with Crippen LogP contribution in [0.1, 0.15) is 37.0 Å². The van der Waals surface area contributed by atoms with E-state index >= 15 is 0 Å². The first-order chi connectivity index (χ1) is 11.0. The van der Waals surface area contributed by atoms with Gasteiger partial charge in [-0.3, -0.25) is 23.1 Å². The van der Waals surface area contributed by atoms with Crippen LogP contribution in [0.4, 0.5) is 0 Å². The van der Waals surface area contributed by atoms with Crippen LogP contribution in [-0.2, 0) is 22.1 Å². The van der Waals surface area contributed by atoms with E-state index in [1.165, 1.54) is 6.20 Å². The topological polar surface area (TPSA) is 159 Å². The summed E-state index contributed by atoms with van der Waals surface area (Å²) >= 11 is 0. The Kier molecular flexibility index (Phi) is 5.69. The van der Waals surface area contributed by atoms with Crippen molar-refractivity contribution in [1.29, 1.82) is 0 Å². The summed E-state index contributed by atoms with van der Waals surface area (Å²) in [7, 11) is -8.87. The summed E-state index contributed by atoms with van der Waals surface area (Å²) in [6, 6.07) is 0. The van der Waals surface area contributed by atoms with Crippen molar-refractivity contribution in [2.24, 2.45) is 0 Å². The molecule has 2 heterocycles. The van der Waals surface area contributed by atoms with Gasteiger partial charge in [0.25, 0.3) is 5.56 Å². The Hall–Kier alpha value is -1.02. The molecule has 1 aliphatic heterocycles. The molecule has 24 heavy (non-hydrogen) atoms. The molecule has 12 heteroatoms. The molecule has 0 radical (unpaired) electrons. The fourth-order valence-electron chi connectivity index (χ4n) is 2.80. The minimum Gasteiger partial charge on any atom is -0.324 e. The van der Waals surface area contributed by atoms with E-state index in [9.17, 15) is 28.5 Å². The van der Waals surface area contributed by atoms with E-state index in [-0.39, 0.29) is 32.0 Å². The van der Waals surface area contributed by atoms with Gasteiger partial charge in [-0.2, -0.15) is 0 Å². The first-order valence-corrected chi connectivity index (χ1v) is 10.9. The summed E-state index contributed by atoms with van der Waals surface area (Å²) in [5, 5.41) is 0. The van der Waals surface area contributed by atoms with Crippen molar-refractivity contribution in [2.75, 3.05) is 6.16 Å². The lowest BCUT2D eigenvalue weighted by atomic mass is 10.1. The Labute approximate surface area is 137 Å². The highest BCUT2D eigenvalue weighted by Crippen LogP contribution is 2.51. The summed E-state index contributed by atoms with van der Waals surface area (Å²) in [6.07, 6.45) is 1.93. The van der Waals surface area contributed by atoms with Gasteiger partial charge in [0.05, 0.1) is 0 Å². The van der Waals surface area contributed by atoms with Crippen LogP contribution >= 0.6 is 15.2 Å². The molecule has 1 unspecified atom stereocenters. The van der Waals surface area contributed by atoms with Crippen LogP contribution in [-0.4, -0.2) is 34.9 Å². The second-order valence-corrected chi connectivity index (χ2v) is 9.41. The van der Waals surface area contributed by atoms with Gasteiger partial charge in [-0.05, 0) is 25.7 Å². The van der Waals surface area contributed by atoms with E-state index < -0.39 is 32.2 Å². The van der Waals surface area contributed by atoms with Crippen LogP contribution in [0.2, 0.25) is 0 Å². The highest BCUT2D eigenvalue weighted by molar-refractivity contribution is 7.52. The van der Waals surface area contributed by atoms with E-state index in [0.717, 1.165) is 9.13 Å². The van der Waals surface area contributed by atoms with Gasteiger partial charge in [0, 0.05) is 24.5 Å². The molecular formula is C12H20N2O8P2. The van der Waals surface area contributed by atoms with Gasteiger partial charge < -0.3 is 19.6 Å². The van der Waals surface area contributed by atoms with E-state index in [0.29, 0.717) is 18.4 Å². The van der Waals surface area contributed by atoms with E-state index in [1.54, 1.807) is 0 Å². The number of fused-ring (bicyclic) bond motifs is 2. The standard InChI is InChI=1S/C12H20N2O8P2/c15-11-9-4-3-6-13(11)12(16)14(8-9)10(24(20,21)22)5-1-2-7-23(17,18)19/h8,10H,1-7H2,(H2,17,18,19)(H2,20,21,22). The van der Waals surface area contributed by atoms with E-state index in [1.807, 2.05) is 0 Å². The maximum atomic E-state index is 12.3. The Morgan fingerprint density at radius 2 is 1.79 bits per heavy atom. The third-order valence-electron chi connectivity index (χ3n) is 3.97. The number of aromatic nitrogens is 2. The molecular weight excluding hydrogens is 362 g/mol. The van der Waals surface area contributed by atoms with Crippen molar-refractivity contribution in [2.45, 2.75) is 44.4 Å². The molecule has 2 bridgehead atoms. The molecule has 0 saturated carbocycles. The van der Waals surface area contributed by atoms with E-state index in [2.05, 4.69) is 0 Å². The van der Waals surface area contributed by atoms with Gasteiger partial charge >= 0.3 is 20.9 Å². The van der Waals surface area contributed by atoms with Gasteiger partial charge in [0.15, 0.2) is 0 Å². The maximum absolute atomic E-state index is 12.3. The molecule has 0 aromatic carbocycles. The number of hydrogen-bond acceptors (Lipinski definition) is 4. The molecule has 0 aliphatic carbocycles. The monoisotopic (exact) mass is 382 g/mol. The van der Waals surface area contributed by atoms with Gasteiger partial charge in [0.1, 0.15) is 5.78 Å². The van der Waals surface area contributed by atoms with Crippen LogP contribution in [0.15, 0.2) is 15.8 Å². The summed E-state index contributed by atoms with van der Waals surface area (Å²) in [5.74, 6) is -1.45. The third kappa shape index (κ3) is 4.53. The molecule has 136 valence electrons. The number of aryl methyl sites for hydroxylation is 1. The molecule has 1 aliphatic rings. The summed E-state index contributed by atoms with van der Waals surface area (Å²) in [4.78, 5) is 61.0. The molecule has 0 amide bonds. The fraction of sp³-hybridized carbons (Fsp3) is 0.667. The lowest BCUT2D eigenvalue weighted by molar-refractivity contribution is 0.324. The van der Waals surface area contributed by atoms with Gasteiger partial charge in [-0.15, -0.1) is 0 Å². The van der Waals surface area contributed by atoms with Crippen molar-refractivity contribution in [3.63, 3.8) is 0 Å². The van der Waals surface area contributed by atoms with Crippen LogP contribution in [0, 0.1) is 0 Å². The number of rotatable bonds is 7. The largest absolute Gasteiger partial charge is 0.348 e. The first-order valence-electron chi connectivity index (χ1n) is 7.45. The quantitative estimate of drug-likeness (QED) is 0.378. The van der Waals surface area contributed by atoms with Gasteiger partial charge in [-0.1, -0.05) is 6.42 Å². The molecule has 1 atom stereocenters. The Morgan fingerprint density at radius 1 is 1.12 bits per heavy atom. The SMILES string of the molecule is O=c1c2cn(C(CCCCP(=O)(O)O)P(=O)(O)O)c(=O)n1CCC2. The Morgan fingerprint density at radius 3 is 2.38 bits per heavy atom. The van der Waals surface area contributed by atoms with Crippen LogP contribution in [0.5, 0.6) is 0 Å². The zero-order valence-electron chi connectivity index (χ0n) is 12.8. The Bertz CT molecular complexity index is 817. The first kappa shape index (κ1) is 19.3. The summed E-state index contributed by atoms with van der Waals surface area (Å²) in [5.41, 5.74) is -0.880. The number of nitrogens with zero attached hydrogens (tertiary/aromatic N) is 2. The van der Waals surface area contributed by atoms with Crippen LogP contribution < -0.4 is 11.2 Å². The van der Waals surface area contributed by atoms with Crippen molar-refractivity contribution in [3.05, 3.63) is 32.6 Å². The lowest BCUT2D eigenvalue weighted by Gasteiger charge is -2.24. The third-order valence-corrected chi connectivity index (χ3v) is 6.15. The van der Waals surface area contributed by atoms with Gasteiger partial charge in [-0.25, -0.2) is 4.79 Å². The van der Waals surface area contributed by atoms with Gasteiger partial charge in [0.2, 0.25) is 0 Å². The number of hydrogen-bond donors (Lipinski definition) is 4. The minimum absolute atomic E-state index is 0.0715. The van der Waals surface area contributed by atoms with E-state index in [4.69, 9.17) is 9.79 Å². The lowest BCUT2D eigenvalue weighted by Crippen LogP contribution is -2.44.